The van der Waals surface area contributed by atoms with E-state index in [1.807, 2.05) is 20.8 Å². The van der Waals surface area contributed by atoms with Gasteiger partial charge in [-0.05, 0) is 0 Å². The van der Waals surface area contributed by atoms with E-state index in [-0.39, 0.29) is 17.8 Å². The first-order valence-corrected chi connectivity index (χ1v) is 13.9. The summed E-state index contributed by atoms with van der Waals surface area (Å²) >= 11 is -4.35. The van der Waals surface area contributed by atoms with Gasteiger partial charge in [-0.15, -0.1) is 0 Å². The van der Waals surface area contributed by atoms with Crippen molar-refractivity contribution in [3.63, 3.8) is 0 Å². The molecule has 0 unspecified atom stereocenters. The van der Waals surface area contributed by atoms with E-state index >= 15 is 0 Å². The summed E-state index contributed by atoms with van der Waals surface area (Å²) in [6, 6.07) is -2.73. The Morgan fingerprint density at radius 2 is 0.857 bits per heavy atom. The Kier molecular flexibility index (Phi) is 13.0. The molecule has 0 bridgehead atoms. The third kappa shape index (κ3) is 8.67. The standard InChI is InChI=1S/3C6H13NO2.In/c3*1-3-4(2)5(7)6(8)9;/h3*4-5H,3,7H2,1-2H3,(H,8,9);/q;;;+3/p-3/t3*4-,5-;/m000./s1. The van der Waals surface area contributed by atoms with E-state index in [0.717, 1.165) is 0 Å². The third-order valence-corrected chi connectivity index (χ3v) is 8.86. The van der Waals surface area contributed by atoms with E-state index in [2.05, 4.69) is 0 Å². The molecule has 6 N–H and O–H groups in total. The molecule has 162 valence electrons. The molecular formula is C18H36InN3O6. The topological polar surface area (TPSA) is 157 Å². The molecule has 0 rings (SSSR count). The van der Waals surface area contributed by atoms with Crippen molar-refractivity contribution in [2.45, 2.75) is 78.9 Å². The molecule has 0 aromatic heterocycles. The van der Waals surface area contributed by atoms with Gasteiger partial charge in [0.2, 0.25) is 0 Å². The normalized spacial score (nSPS) is 17.5. The van der Waals surface area contributed by atoms with Gasteiger partial charge in [0.05, 0.1) is 0 Å². The molecule has 0 spiro atoms. The van der Waals surface area contributed by atoms with Crippen molar-refractivity contribution >= 4 is 40.7 Å². The summed E-state index contributed by atoms with van der Waals surface area (Å²) < 4.78 is 15.8. The summed E-state index contributed by atoms with van der Waals surface area (Å²) in [6.45, 7) is 11.0. The van der Waals surface area contributed by atoms with Crippen LogP contribution in [0.25, 0.3) is 0 Å². The fourth-order valence-corrected chi connectivity index (χ4v) is 5.43. The molecule has 0 aliphatic rings. The van der Waals surface area contributed by atoms with Crippen LogP contribution in [-0.4, -0.2) is 58.8 Å². The van der Waals surface area contributed by atoms with Crippen LogP contribution in [0.3, 0.4) is 0 Å². The Balaban J connectivity index is 5.28. The molecule has 10 heteroatoms. The van der Waals surface area contributed by atoms with Gasteiger partial charge in [0.25, 0.3) is 0 Å². The second kappa shape index (κ2) is 13.4. The van der Waals surface area contributed by atoms with Gasteiger partial charge in [-0.2, -0.15) is 0 Å². The third-order valence-electron chi connectivity index (χ3n) is 5.22. The summed E-state index contributed by atoms with van der Waals surface area (Å²) in [7, 11) is 0. The van der Waals surface area contributed by atoms with Gasteiger partial charge in [-0.1, -0.05) is 0 Å². The fraction of sp³-hybridized carbons (Fsp3) is 0.833. The summed E-state index contributed by atoms with van der Waals surface area (Å²) in [5, 5.41) is 0. The summed E-state index contributed by atoms with van der Waals surface area (Å²) in [5.74, 6) is -2.71. The van der Waals surface area contributed by atoms with Crippen LogP contribution in [0.15, 0.2) is 0 Å². The molecule has 0 saturated heterocycles. The Bertz CT molecular complexity index is 450. The molecule has 9 nitrogen and oxygen atoms in total. The summed E-state index contributed by atoms with van der Waals surface area (Å²) in [5.41, 5.74) is 17.6. The van der Waals surface area contributed by atoms with Crippen LogP contribution >= 0.6 is 0 Å². The first-order chi connectivity index (χ1) is 13.0. The maximum atomic E-state index is 12.3. The predicted molar refractivity (Wildman–Crippen MR) is 106 cm³/mol. The monoisotopic (exact) mass is 505 g/mol. The quantitative estimate of drug-likeness (QED) is 0.348. The van der Waals surface area contributed by atoms with Gasteiger partial charge in [0.15, 0.2) is 0 Å². The van der Waals surface area contributed by atoms with Crippen LogP contribution < -0.4 is 17.2 Å². The molecule has 28 heavy (non-hydrogen) atoms. The van der Waals surface area contributed by atoms with Crippen LogP contribution in [-0.2, 0) is 22.9 Å². The van der Waals surface area contributed by atoms with Gasteiger partial charge >= 0.3 is 177 Å². The van der Waals surface area contributed by atoms with E-state index in [0.29, 0.717) is 19.3 Å². The van der Waals surface area contributed by atoms with Gasteiger partial charge in [0.1, 0.15) is 0 Å². The van der Waals surface area contributed by atoms with Crippen molar-refractivity contribution in [3.8, 4) is 0 Å². The number of hydrogen-bond donors (Lipinski definition) is 3. The number of carbonyl (C=O) groups is 3. The molecule has 0 radical (unpaired) electrons. The Morgan fingerprint density at radius 1 is 0.643 bits per heavy atom. The molecule has 0 aliphatic heterocycles. The van der Waals surface area contributed by atoms with Gasteiger partial charge in [-0.3, -0.25) is 0 Å². The molecule has 0 aliphatic carbocycles. The van der Waals surface area contributed by atoms with Crippen molar-refractivity contribution < 1.29 is 22.9 Å². The Labute approximate surface area is 177 Å². The number of carbonyl (C=O) groups excluding carboxylic acids is 3. The van der Waals surface area contributed by atoms with E-state index in [4.69, 9.17) is 25.8 Å². The fourth-order valence-electron chi connectivity index (χ4n) is 2.05. The molecule has 6 atom stereocenters. The average Bonchev–Trinajstić information content (AvgIpc) is 2.69. The minimum atomic E-state index is -4.35. The molecule has 0 heterocycles. The number of hydrogen-bond acceptors (Lipinski definition) is 9. The second-order valence-electron chi connectivity index (χ2n) is 7.33. The number of nitrogens with two attached hydrogens (primary N) is 3. The summed E-state index contributed by atoms with van der Waals surface area (Å²) in [4.78, 5) is 36.9. The van der Waals surface area contributed by atoms with E-state index in [1.165, 1.54) is 0 Å². The van der Waals surface area contributed by atoms with Gasteiger partial charge in [-0.25, -0.2) is 0 Å². The molecule has 0 fully saturated rings. The van der Waals surface area contributed by atoms with Crippen LogP contribution in [0, 0.1) is 17.8 Å². The maximum absolute atomic E-state index is 12.3. The molecule has 0 amide bonds. The zero-order chi connectivity index (χ0) is 22.0. The Hall–Kier alpha value is -0.840. The SMILES string of the molecule is CC[C@H](C)[C@H](N)C(=O)[O][In]([O]C(=O)[C@@H](N)[C@@H](C)CC)[O]C(=O)[C@@H](N)[C@@H](C)CC. The van der Waals surface area contributed by atoms with Crippen molar-refractivity contribution in [2.24, 2.45) is 35.0 Å². The molecule has 0 aromatic rings. The molecule has 0 aromatic carbocycles. The van der Waals surface area contributed by atoms with Crippen molar-refractivity contribution in [3.05, 3.63) is 0 Å². The molecule has 0 saturated carbocycles. The van der Waals surface area contributed by atoms with Crippen LogP contribution in [0.4, 0.5) is 0 Å². The van der Waals surface area contributed by atoms with Crippen LogP contribution in [0.1, 0.15) is 60.8 Å². The number of rotatable bonds is 12. The Morgan fingerprint density at radius 3 is 1.04 bits per heavy atom. The predicted octanol–water partition coefficient (Wildman–Crippen LogP) is 0.721. The van der Waals surface area contributed by atoms with Gasteiger partial charge in [0, 0.05) is 0 Å². The van der Waals surface area contributed by atoms with Crippen molar-refractivity contribution in [1.29, 1.82) is 0 Å². The van der Waals surface area contributed by atoms with Crippen molar-refractivity contribution in [1.82, 2.24) is 0 Å². The minimum absolute atomic E-state index is 0.143. The zero-order valence-electron chi connectivity index (χ0n) is 17.8. The van der Waals surface area contributed by atoms with E-state index < -0.39 is 58.8 Å². The van der Waals surface area contributed by atoms with E-state index in [1.54, 1.807) is 20.8 Å². The van der Waals surface area contributed by atoms with Crippen molar-refractivity contribution in [2.75, 3.05) is 0 Å². The van der Waals surface area contributed by atoms with Crippen LogP contribution in [0.2, 0.25) is 0 Å². The first kappa shape index (κ1) is 27.2. The molecular weight excluding hydrogens is 469 g/mol. The second-order valence-corrected chi connectivity index (χ2v) is 11.0. The summed E-state index contributed by atoms with van der Waals surface area (Å²) in [6.07, 6.45) is 1.98. The average molecular weight is 505 g/mol. The zero-order valence-corrected chi connectivity index (χ0v) is 21.1. The van der Waals surface area contributed by atoms with E-state index in [9.17, 15) is 14.4 Å². The first-order valence-electron chi connectivity index (χ1n) is 9.88. The van der Waals surface area contributed by atoms with Crippen LogP contribution in [0.5, 0.6) is 0 Å². The van der Waals surface area contributed by atoms with Gasteiger partial charge < -0.3 is 0 Å².